The van der Waals surface area contributed by atoms with Crippen molar-refractivity contribution >= 4 is 27.7 Å². The lowest BCUT2D eigenvalue weighted by Crippen LogP contribution is -2.49. The summed E-state index contributed by atoms with van der Waals surface area (Å²) < 4.78 is 0.918. The smallest absolute Gasteiger partial charge is 0.255 e. The van der Waals surface area contributed by atoms with Crippen LogP contribution in [-0.2, 0) is 11.3 Å². The van der Waals surface area contributed by atoms with Crippen LogP contribution in [0.2, 0.25) is 0 Å². The zero-order valence-corrected chi connectivity index (χ0v) is 11.9. The van der Waals surface area contributed by atoms with Crippen LogP contribution in [0.1, 0.15) is 28.8 Å². The van der Waals surface area contributed by atoms with E-state index in [1.807, 2.05) is 18.2 Å². The SMILES string of the molecule is C=C1CCC(N2Cc3c(Br)cccc3C2=O)C(=O)N1. The molecule has 5 heteroatoms. The van der Waals surface area contributed by atoms with Gasteiger partial charge in [0.1, 0.15) is 6.04 Å². The van der Waals surface area contributed by atoms with Crippen molar-refractivity contribution in [2.75, 3.05) is 0 Å². The lowest BCUT2D eigenvalue weighted by atomic mass is 10.0. The number of nitrogens with one attached hydrogen (secondary N) is 1. The zero-order valence-electron chi connectivity index (χ0n) is 10.3. The summed E-state index contributed by atoms with van der Waals surface area (Å²) in [4.78, 5) is 26.0. The quantitative estimate of drug-likeness (QED) is 0.862. The van der Waals surface area contributed by atoms with Crippen molar-refractivity contribution < 1.29 is 9.59 Å². The van der Waals surface area contributed by atoms with E-state index in [1.165, 1.54) is 0 Å². The second kappa shape index (κ2) is 4.49. The highest BCUT2D eigenvalue weighted by Gasteiger charge is 2.38. The van der Waals surface area contributed by atoms with Crippen molar-refractivity contribution in [3.63, 3.8) is 0 Å². The average molecular weight is 321 g/mol. The van der Waals surface area contributed by atoms with E-state index in [4.69, 9.17) is 0 Å². The minimum atomic E-state index is -0.391. The fourth-order valence-corrected chi connectivity index (χ4v) is 3.12. The lowest BCUT2D eigenvalue weighted by molar-refractivity contribution is -0.126. The van der Waals surface area contributed by atoms with Crippen LogP contribution in [0.5, 0.6) is 0 Å². The van der Waals surface area contributed by atoms with Gasteiger partial charge in [-0.3, -0.25) is 9.59 Å². The Balaban J connectivity index is 1.90. The van der Waals surface area contributed by atoms with Gasteiger partial charge in [0.05, 0.1) is 0 Å². The predicted octanol–water partition coefficient (Wildman–Crippen LogP) is 2.20. The molecular formula is C14H13BrN2O2. The number of benzene rings is 1. The molecular weight excluding hydrogens is 308 g/mol. The van der Waals surface area contributed by atoms with E-state index in [0.29, 0.717) is 18.5 Å². The third-order valence-electron chi connectivity index (χ3n) is 3.64. The number of fused-ring (bicyclic) bond motifs is 1. The first-order valence-corrected chi connectivity index (χ1v) is 6.94. The van der Waals surface area contributed by atoms with Crippen LogP contribution in [0.25, 0.3) is 0 Å². The van der Waals surface area contributed by atoms with Crippen molar-refractivity contribution in [1.29, 1.82) is 0 Å². The van der Waals surface area contributed by atoms with Crippen molar-refractivity contribution in [3.05, 3.63) is 46.1 Å². The molecule has 0 aromatic heterocycles. The molecule has 0 bridgehead atoms. The summed E-state index contributed by atoms with van der Waals surface area (Å²) in [5.41, 5.74) is 2.38. The van der Waals surface area contributed by atoms with Crippen molar-refractivity contribution in [2.45, 2.75) is 25.4 Å². The molecule has 1 N–H and O–H groups in total. The molecule has 19 heavy (non-hydrogen) atoms. The van der Waals surface area contributed by atoms with E-state index < -0.39 is 6.04 Å². The van der Waals surface area contributed by atoms with Crippen LogP contribution < -0.4 is 5.32 Å². The molecule has 0 radical (unpaired) electrons. The zero-order chi connectivity index (χ0) is 13.6. The minimum absolute atomic E-state index is 0.0658. The minimum Gasteiger partial charge on any atom is -0.329 e. The van der Waals surface area contributed by atoms with Crippen LogP contribution in [0.3, 0.4) is 0 Å². The van der Waals surface area contributed by atoms with Gasteiger partial charge >= 0.3 is 0 Å². The van der Waals surface area contributed by atoms with E-state index in [2.05, 4.69) is 27.8 Å². The largest absolute Gasteiger partial charge is 0.329 e. The molecule has 3 rings (SSSR count). The van der Waals surface area contributed by atoms with Gasteiger partial charge < -0.3 is 10.2 Å². The highest BCUT2D eigenvalue weighted by atomic mass is 79.9. The van der Waals surface area contributed by atoms with Crippen LogP contribution in [0.4, 0.5) is 0 Å². The maximum Gasteiger partial charge on any atom is 0.255 e. The number of hydrogen-bond acceptors (Lipinski definition) is 2. The molecule has 2 aliphatic rings. The first-order chi connectivity index (χ1) is 9.08. The molecule has 0 aliphatic carbocycles. The van der Waals surface area contributed by atoms with Gasteiger partial charge in [0.15, 0.2) is 0 Å². The summed E-state index contributed by atoms with van der Waals surface area (Å²) in [6, 6.07) is 5.17. The van der Waals surface area contributed by atoms with Gasteiger partial charge in [-0.25, -0.2) is 0 Å². The van der Waals surface area contributed by atoms with E-state index in [1.54, 1.807) is 4.90 Å². The van der Waals surface area contributed by atoms with Gasteiger partial charge in [0, 0.05) is 22.3 Å². The number of allylic oxidation sites excluding steroid dienone is 1. The van der Waals surface area contributed by atoms with E-state index >= 15 is 0 Å². The molecule has 1 unspecified atom stereocenters. The number of amides is 2. The summed E-state index contributed by atoms with van der Waals surface area (Å²) in [5.74, 6) is -0.197. The molecule has 0 saturated carbocycles. The Morgan fingerprint density at radius 3 is 2.84 bits per heavy atom. The number of nitrogens with zero attached hydrogens (tertiary/aromatic N) is 1. The average Bonchev–Trinajstić information content (AvgIpc) is 2.69. The third-order valence-corrected chi connectivity index (χ3v) is 4.38. The maximum atomic E-state index is 12.4. The van der Waals surface area contributed by atoms with Gasteiger partial charge in [-0.15, -0.1) is 0 Å². The fraction of sp³-hybridized carbons (Fsp3) is 0.286. The Kier molecular flexibility index (Phi) is 2.93. The topological polar surface area (TPSA) is 49.4 Å². The van der Waals surface area contributed by atoms with Crippen molar-refractivity contribution in [2.24, 2.45) is 0 Å². The molecule has 1 atom stereocenters. The van der Waals surface area contributed by atoms with E-state index in [9.17, 15) is 9.59 Å². The van der Waals surface area contributed by atoms with E-state index in [0.717, 1.165) is 22.2 Å². The monoisotopic (exact) mass is 320 g/mol. The first kappa shape index (κ1) is 12.4. The standard InChI is InChI=1S/C14H13BrN2O2/c1-8-5-6-12(13(18)16-8)17-7-10-9(14(17)19)3-2-4-11(10)15/h2-4,12H,1,5-7H2,(H,16,18). The second-order valence-electron chi connectivity index (χ2n) is 4.85. The van der Waals surface area contributed by atoms with Gasteiger partial charge in [-0.05, 0) is 30.5 Å². The molecule has 4 nitrogen and oxygen atoms in total. The van der Waals surface area contributed by atoms with Crippen LogP contribution in [0.15, 0.2) is 34.9 Å². The Labute approximate surface area is 119 Å². The van der Waals surface area contributed by atoms with Gasteiger partial charge in [0.2, 0.25) is 5.91 Å². The Morgan fingerprint density at radius 1 is 1.37 bits per heavy atom. The van der Waals surface area contributed by atoms with Crippen LogP contribution >= 0.6 is 15.9 Å². The maximum absolute atomic E-state index is 12.4. The number of carbonyl (C=O) groups is 2. The first-order valence-electron chi connectivity index (χ1n) is 6.15. The Bertz CT molecular complexity index is 597. The molecule has 1 fully saturated rings. The summed E-state index contributed by atoms with van der Waals surface area (Å²) in [6.45, 7) is 4.24. The van der Waals surface area contributed by atoms with Crippen LogP contribution in [-0.4, -0.2) is 22.8 Å². The summed E-state index contributed by atoms with van der Waals surface area (Å²) in [6.07, 6.45) is 1.36. The van der Waals surface area contributed by atoms with Gasteiger partial charge in [-0.1, -0.05) is 28.6 Å². The molecule has 0 spiro atoms. The van der Waals surface area contributed by atoms with Gasteiger partial charge in [0.25, 0.3) is 5.91 Å². The molecule has 2 heterocycles. The number of rotatable bonds is 1. The highest BCUT2D eigenvalue weighted by Crippen LogP contribution is 2.32. The molecule has 1 aromatic carbocycles. The Hall–Kier alpha value is -1.62. The van der Waals surface area contributed by atoms with E-state index in [-0.39, 0.29) is 11.8 Å². The lowest BCUT2D eigenvalue weighted by Gasteiger charge is -2.30. The molecule has 98 valence electrons. The van der Waals surface area contributed by atoms with Crippen LogP contribution in [0, 0.1) is 0 Å². The molecule has 1 saturated heterocycles. The number of hydrogen-bond donors (Lipinski definition) is 1. The number of carbonyl (C=O) groups excluding carboxylic acids is 2. The summed E-state index contributed by atoms with van der Waals surface area (Å²) >= 11 is 3.46. The normalized spacial score (nSPS) is 22.5. The third kappa shape index (κ3) is 1.98. The molecule has 1 aromatic rings. The predicted molar refractivity (Wildman–Crippen MR) is 74.3 cm³/mol. The summed E-state index contributed by atoms with van der Waals surface area (Å²) in [5, 5.41) is 2.73. The summed E-state index contributed by atoms with van der Waals surface area (Å²) in [7, 11) is 0. The Morgan fingerprint density at radius 2 is 2.16 bits per heavy atom. The molecule has 2 amide bonds. The van der Waals surface area contributed by atoms with Gasteiger partial charge in [-0.2, -0.15) is 0 Å². The fourth-order valence-electron chi connectivity index (χ4n) is 2.63. The molecule has 2 aliphatic heterocycles. The highest BCUT2D eigenvalue weighted by molar-refractivity contribution is 9.10. The number of piperidine rings is 1. The number of halogens is 1. The van der Waals surface area contributed by atoms with Crippen molar-refractivity contribution in [3.8, 4) is 0 Å². The van der Waals surface area contributed by atoms with Crippen molar-refractivity contribution in [1.82, 2.24) is 10.2 Å². The second-order valence-corrected chi connectivity index (χ2v) is 5.70.